The van der Waals surface area contributed by atoms with Crippen molar-refractivity contribution in [3.8, 4) is 0 Å². The van der Waals surface area contributed by atoms with E-state index in [1.165, 1.54) is 6.33 Å². The summed E-state index contributed by atoms with van der Waals surface area (Å²) in [6.07, 6.45) is 1.28. The Balaban J connectivity index is 1.50. The summed E-state index contributed by atoms with van der Waals surface area (Å²) < 4.78 is 6.68. The number of aromatic nitrogens is 2. The number of fused-ring (bicyclic) bond motifs is 3. The van der Waals surface area contributed by atoms with Crippen LogP contribution in [0.3, 0.4) is 0 Å². The van der Waals surface area contributed by atoms with Gasteiger partial charge in [0.1, 0.15) is 17.6 Å². The van der Waals surface area contributed by atoms with Gasteiger partial charge in [-0.15, -0.1) is 0 Å². The third kappa shape index (κ3) is 3.15. The second-order valence-corrected chi connectivity index (χ2v) is 5.82. The first-order valence-corrected chi connectivity index (χ1v) is 8.14. The van der Waals surface area contributed by atoms with Gasteiger partial charge in [-0.1, -0.05) is 30.3 Å². The van der Waals surface area contributed by atoms with Gasteiger partial charge in [-0.3, -0.25) is 29.8 Å². The number of amides is 2. The minimum atomic E-state index is -0.571. The lowest BCUT2D eigenvalue weighted by Crippen LogP contribution is -2.44. The molecule has 0 aliphatic carbocycles. The summed E-state index contributed by atoms with van der Waals surface area (Å²) in [6, 6.07) is 15.6. The number of benzene rings is 2. The molecule has 0 spiro atoms. The fourth-order valence-electron chi connectivity index (χ4n) is 2.71. The predicted octanol–water partition coefficient (Wildman–Crippen LogP) is 1.60. The highest BCUT2D eigenvalue weighted by molar-refractivity contribution is 6.01. The van der Waals surface area contributed by atoms with E-state index in [2.05, 4.69) is 15.8 Å². The first-order valence-electron chi connectivity index (χ1n) is 8.14. The monoisotopic (exact) mass is 362 g/mol. The van der Waals surface area contributed by atoms with E-state index in [9.17, 15) is 14.4 Å². The van der Waals surface area contributed by atoms with Crippen LogP contribution in [0.1, 0.15) is 10.4 Å². The molecule has 0 saturated heterocycles. The number of para-hydroxylation sites is 1. The molecule has 0 bridgehead atoms. The zero-order chi connectivity index (χ0) is 18.8. The maximum Gasteiger partial charge on any atom is 0.297 e. The van der Waals surface area contributed by atoms with Crippen LogP contribution in [-0.2, 0) is 11.3 Å². The second kappa shape index (κ2) is 6.75. The molecular weight excluding hydrogens is 348 g/mol. The second-order valence-electron chi connectivity index (χ2n) is 5.82. The Bertz CT molecular complexity index is 1210. The molecule has 0 atom stereocenters. The van der Waals surface area contributed by atoms with Crippen LogP contribution in [-0.4, -0.2) is 21.4 Å². The van der Waals surface area contributed by atoms with E-state index < -0.39 is 17.4 Å². The lowest BCUT2D eigenvalue weighted by Gasteiger charge is -2.08. The Labute approximate surface area is 152 Å². The van der Waals surface area contributed by atoms with Gasteiger partial charge in [0.2, 0.25) is 5.58 Å². The molecule has 0 fully saturated rings. The van der Waals surface area contributed by atoms with E-state index in [-0.39, 0.29) is 12.1 Å². The van der Waals surface area contributed by atoms with Crippen molar-refractivity contribution in [2.75, 3.05) is 0 Å². The number of carbonyl (C=O) groups is 2. The molecule has 134 valence electrons. The largest absolute Gasteiger partial charge is 0.448 e. The van der Waals surface area contributed by atoms with E-state index in [0.29, 0.717) is 16.7 Å². The first kappa shape index (κ1) is 16.5. The quantitative estimate of drug-likeness (QED) is 0.539. The molecule has 27 heavy (non-hydrogen) atoms. The molecule has 8 heteroatoms. The molecule has 0 radical (unpaired) electrons. The van der Waals surface area contributed by atoms with Gasteiger partial charge in [0, 0.05) is 10.9 Å². The topological polar surface area (TPSA) is 106 Å². The van der Waals surface area contributed by atoms with E-state index in [1.807, 2.05) is 12.1 Å². The summed E-state index contributed by atoms with van der Waals surface area (Å²) in [6.45, 7) is -0.312. The van der Waals surface area contributed by atoms with Crippen LogP contribution in [0.25, 0.3) is 22.1 Å². The molecule has 2 amide bonds. The maximum absolute atomic E-state index is 12.6. The predicted molar refractivity (Wildman–Crippen MR) is 97.8 cm³/mol. The van der Waals surface area contributed by atoms with Crippen molar-refractivity contribution in [1.82, 2.24) is 20.4 Å². The lowest BCUT2D eigenvalue weighted by molar-refractivity contribution is -0.122. The molecule has 0 aliphatic rings. The molecule has 8 nitrogen and oxygen atoms in total. The van der Waals surface area contributed by atoms with Gasteiger partial charge in [0.25, 0.3) is 17.4 Å². The molecular formula is C19H14N4O4. The standard InChI is InChI=1S/C19H14N4O4/c24-15(21-22-18(25)12-6-2-1-3-7-12)10-23-11-20-16-13-8-4-5-9-14(13)27-17(16)19(23)26/h1-9,11H,10H2,(H,21,24)(H,22,25). The molecule has 2 aromatic heterocycles. The third-order valence-electron chi connectivity index (χ3n) is 4.02. The van der Waals surface area contributed by atoms with Crippen molar-refractivity contribution >= 4 is 33.9 Å². The van der Waals surface area contributed by atoms with Gasteiger partial charge in [-0.2, -0.15) is 0 Å². The zero-order valence-corrected chi connectivity index (χ0v) is 14.0. The number of hydrogen-bond donors (Lipinski definition) is 2. The molecule has 0 unspecified atom stereocenters. The molecule has 2 aromatic carbocycles. The maximum atomic E-state index is 12.6. The van der Waals surface area contributed by atoms with Crippen molar-refractivity contribution in [3.63, 3.8) is 0 Å². The summed E-state index contributed by atoms with van der Waals surface area (Å²) in [7, 11) is 0. The highest BCUT2D eigenvalue weighted by Crippen LogP contribution is 2.23. The van der Waals surface area contributed by atoms with Crippen LogP contribution in [0.4, 0.5) is 0 Å². The average Bonchev–Trinajstić information content (AvgIpc) is 3.08. The smallest absolute Gasteiger partial charge is 0.297 e. The van der Waals surface area contributed by atoms with Crippen molar-refractivity contribution < 1.29 is 14.0 Å². The van der Waals surface area contributed by atoms with Crippen molar-refractivity contribution in [1.29, 1.82) is 0 Å². The van der Waals surface area contributed by atoms with Gasteiger partial charge in [0.05, 0.1) is 6.33 Å². The van der Waals surface area contributed by atoms with Crippen LogP contribution >= 0.6 is 0 Å². The minimum absolute atomic E-state index is 0.0832. The molecule has 0 saturated carbocycles. The Hall–Kier alpha value is -3.94. The fourth-order valence-corrected chi connectivity index (χ4v) is 2.71. The highest BCUT2D eigenvalue weighted by atomic mass is 16.3. The first-order chi connectivity index (χ1) is 13.1. The molecule has 0 aliphatic heterocycles. The molecule has 4 aromatic rings. The Morgan fingerprint density at radius 1 is 1.00 bits per heavy atom. The van der Waals surface area contributed by atoms with Crippen LogP contribution in [0.2, 0.25) is 0 Å². The molecule has 2 N–H and O–H groups in total. The molecule has 2 heterocycles. The average molecular weight is 362 g/mol. The van der Waals surface area contributed by atoms with E-state index in [4.69, 9.17) is 4.42 Å². The number of nitrogens with one attached hydrogen (secondary N) is 2. The molecule has 4 rings (SSSR count). The van der Waals surface area contributed by atoms with Gasteiger partial charge in [0.15, 0.2) is 0 Å². The Morgan fingerprint density at radius 3 is 2.56 bits per heavy atom. The van der Waals surface area contributed by atoms with Gasteiger partial charge in [-0.05, 0) is 24.3 Å². The van der Waals surface area contributed by atoms with Crippen LogP contribution < -0.4 is 16.4 Å². The summed E-state index contributed by atoms with van der Waals surface area (Å²) in [5.74, 6) is -1.03. The number of carbonyl (C=O) groups excluding carboxylic acids is 2. The highest BCUT2D eigenvalue weighted by Gasteiger charge is 2.15. The van der Waals surface area contributed by atoms with Gasteiger partial charge in [-0.25, -0.2) is 4.98 Å². The number of rotatable bonds is 3. The SMILES string of the molecule is O=C(Cn1cnc2c(oc3ccccc32)c1=O)NNC(=O)c1ccccc1. The Morgan fingerprint density at radius 2 is 1.74 bits per heavy atom. The van der Waals surface area contributed by atoms with E-state index in [0.717, 1.165) is 9.95 Å². The normalized spacial score (nSPS) is 10.8. The third-order valence-corrected chi connectivity index (χ3v) is 4.02. The lowest BCUT2D eigenvalue weighted by atomic mass is 10.2. The van der Waals surface area contributed by atoms with E-state index >= 15 is 0 Å². The fraction of sp³-hybridized carbons (Fsp3) is 0.0526. The number of nitrogens with zero attached hydrogens (tertiary/aromatic N) is 2. The summed E-state index contributed by atoms with van der Waals surface area (Å²) in [4.78, 5) is 40.8. The number of hydrazine groups is 1. The minimum Gasteiger partial charge on any atom is -0.448 e. The zero-order valence-electron chi connectivity index (χ0n) is 14.0. The van der Waals surface area contributed by atoms with Crippen molar-refractivity contribution in [2.45, 2.75) is 6.54 Å². The number of furan rings is 1. The summed E-state index contributed by atoms with van der Waals surface area (Å²) in [5.41, 5.74) is 5.59. The number of hydrogen-bond acceptors (Lipinski definition) is 5. The summed E-state index contributed by atoms with van der Waals surface area (Å²) >= 11 is 0. The van der Waals surface area contributed by atoms with Crippen LogP contribution in [0.15, 0.2) is 70.1 Å². The van der Waals surface area contributed by atoms with Crippen LogP contribution in [0.5, 0.6) is 0 Å². The van der Waals surface area contributed by atoms with Gasteiger partial charge >= 0.3 is 0 Å². The Kier molecular flexibility index (Phi) is 4.13. The van der Waals surface area contributed by atoms with Crippen molar-refractivity contribution in [2.24, 2.45) is 0 Å². The van der Waals surface area contributed by atoms with Crippen LogP contribution in [0, 0.1) is 0 Å². The van der Waals surface area contributed by atoms with E-state index in [1.54, 1.807) is 42.5 Å². The van der Waals surface area contributed by atoms with Gasteiger partial charge < -0.3 is 4.42 Å². The van der Waals surface area contributed by atoms with Crippen molar-refractivity contribution in [3.05, 3.63) is 76.8 Å². The summed E-state index contributed by atoms with van der Waals surface area (Å²) in [5, 5.41) is 0.733.